The molecule has 0 amide bonds. The molecule has 1 N–H and O–H groups in total. The van der Waals surface area contributed by atoms with E-state index in [1.165, 1.54) is 49.9 Å². The molecule has 0 bridgehead atoms. The van der Waals surface area contributed by atoms with Gasteiger partial charge in [-0.05, 0) is 56.0 Å². The van der Waals surface area contributed by atoms with Crippen LogP contribution in [-0.4, -0.2) is 43.2 Å². The van der Waals surface area contributed by atoms with Gasteiger partial charge < -0.3 is 10.1 Å². The summed E-state index contributed by atoms with van der Waals surface area (Å²) in [6.07, 6.45) is 7.77. The highest BCUT2D eigenvalue weighted by Crippen LogP contribution is 2.28. The van der Waals surface area contributed by atoms with Crippen LogP contribution in [0.3, 0.4) is 0 Å². The first-order chi connectivity index (χ1) is 10.4. The number of fused-ring (bicyclic) bond motifs is 2. The topological polar surface area (TPSA) is 24.5 Å². The lowest BCUT2D eigenvalue weighted by Gasteiger charge is -2.32. The van der Waals surface area contributed by atoms with Gasteiger partial charge in [-0.2, -0.15) is 0 Å². The van der Waals surface area contributed by atoms with E-state index in [4.69, 9.17) is 4.74 Å². The van der Waals surface area contributed by atoms with Gasteiger partial charge in [0.05, 0.1) is 6.61 Å². The summed E-state index contributed by atoms with van der Waals surface area (Å²) in [5, 5.41) is 3.82. The standard InChI is InChI=1S/C18H26N2O/c1-2-10-20-11-7-16(17(20)3-1)19-9-6-14-4-5-18-15(13-14)8-12-21-18/h4-5,13,16-17,19H,1-3,6-12H2. The van der Waals surface area contributed by atoms with Crippen molar-refractivity contribution in [1.29, 1.82) is 0 Å². The molecule has 2 saturated heterocycles. The largest absolute Gasteiger partial charge is 0.493 e. The number of rotatable bonds is 4. The number of benzene rings is 1. The molecule has 1 aromatic carbocycles. The number of nitrogens with one attached hydrogen (secondary N) is 1. The molecule has 4 rings (SSSR count). The molecule has 0 aromatic heterocycles. The Hall–Kier alpha value is -1.06. The minimum Gasteiger partial charge on any atom is -0.493 e. The second-order valence-electron chi connectivity index (χ2n) is 6.74. The molecule has 0 saturated carbocycles. The Kier molecular flexibility index (Phi) is 3.87. The van der Waals surface area contributed by atoms with E-state index >= 15 is 0 Å². The van der Waals surface area contributed by atoms with E-state index in [0.717, 1.165) is 43.8 Å². The van der Waals surface area contributed by atoms with Crippen LogP contribution in [0.15, 0.2) is 18.2 Å². The Labute approximate surface area is 127 Å². The number of ether oxygens (including phenoxy) is 1. The minimum absolute atomic E-state index is 0.725. The summed E-state index contributed by atoms with van der Waals surface area (Å²) in [5.41, 5.74) is 2.84. The molecule has 2 unspecified atom stereocenters. The fourth-order valence-electron chi connectivity index (χ4n) is 4.28. The normalized spacial score (nSPS) is 28.2. The van der Waals surface area contributed by atoms with Gasteiger partial charge in [0.25, 0.3) is 0 Å². The van der Waals surface area contributed by atoms with Crippen LogP contribution in [0, 0.1) is 0 Å². The van der Waals surface area contributed by atoms with Gasteiger partial charge in [-0.1, -0.05) is 18.6 Å². The van der Waals surface area contributed by atoms with Gasteiger partial charge in [0.15, 0.2) is 0 Å². The van der Waals surface area contributed by atoms with Crippen LogP contribution in [-0.2, 0) is 12.8 Å². The molecule has 0 radical (unpaired) electrons. The highest BCUT2D eigenvalue weighted by atomic mass is 16.5. The molecule has 114 valence electrons. The van der Waals surface area contributed by atoms with Crippen molar-refractivity contribution < 1.29 is 4.74 Å². The highest BCUT2D eigenvalue weighted by Gasteiger charge is 2.34. The summed E-state index contributed by atoms with van der Waals surface area (Å²) in [7, 11) is 0. The van der Waals surface area contributed by atoms with Gasteiger partial charge in [-0.25, -0.2) is 0 Å². The van der Waals surface area contributed by atoms with E-state index in [9.17, 15) is 0 Å². The van der Waals surface area contributed by atoms with E-state index in [1.807, 2.05) is 0 Å². The number of hydrogen-bond acceptors (Lipinski definition) is 3. The fourth-order valence-corrected chi connectivity index (χ4v) is 4.28. The Morgan fingerprint density at radius 1 is 1.19 bits per heavy atom. The van der Waals surface area contributed by atoms with Crippen molar-refractivity contribution in [3.63, 3.8) is 0 Å². The molecule has 3 nitrogen and oxygen atoms in total. The zero-order chi connectivity index (χ0) is 14.1. The van der Waals surface area contributed by atoms with Crippen molar-refractivity contribution in [1.82, 2.24) is 10.2 Å². The van der Waals surface area contributed by atoms with Crippen molar-refractivity contribution in [2.45, 2.75) is 50.6 Å². The third kappa shape index (κ3) is 2.82. The van der Waals surface area contributed by atoms with Crippen LogP contribution in [0.5, 0.6) is 5.75 Å². The lowest BCUT2D eigenvalue weighted by molar-refractivity contribution is 0.181. The summed E-state index contributed by atoms with van der Waals surface area (Å²) in [6, 6.07) is 8.25. The lowest BCUT2D eigenvalue weighted by atomic mass is 9.99. The van der Waals surface area contributed by atoms with Gasteiger partial charge >= 0.3 is 0 Å². The predicted octanol–water partition coefficient (Wildman–Crippen LogP) is 2.38. The Morgan fingerprint density at radius 3 is 3.19 bits per heavy atom. The van der Waals surface area contributed by atoms with Crippen molar-refractivity contribution in [3.05, 3.63) is 29.3 Å². The summed E-state index contributed by atoms with van der Waals surface area (Å²) in [5.74, 6) is 1.10. The second kappa shape index (κ2) is 5.98. The molecular weight excluding hydrogens is 260 g/mol. The molecule has 0 spiro atoms. The first-order valence-electron chi connectivity index (χ1n) is 8.62. The second-order valence-corrected chi connectivity index (χ2v) is 6.74. The van der Waals surface area contributed by atoms with Crippen molar-refractivity contribution in [3.8, 4) is 5.75 Å². The average molecular weight is 286 g/mol. The van der Waals surface area contributed by atoms with Crippen LogP contribution in [0.1, 0.15) is 36.8 Å². The third-order valence-corrected chi connectivity index (χ3v) is 5.43. The number of hydrogen-bond donors (Lipinski definition) is 1. The van der Waals surface area contributed by atoms with E-state index < -0.39 is 0 Å². The van der Waals surface area contributed by atoms with Crippen molar-refractivity contribution >= 4 is 0 Å². The molecule has 3 aliphatic heterocycles. The minimum atomic E-state index is 0.725. The molecule has 3 heteroatoms. The Bertz CT molecular complexity index is 502. The van der Waals surface area contributed by atoms with Gasteiger partial charge in [0, 0.05) is 25.0 Å². The Morgan fingerprint density at radius 2 is 2.19 bits per heavy atom. The average Bonchev–Trinajstić information content (AvgIpc) is 3.14. The molecular formula is C18H26N2O. The quantitative estimate of drug-likeness (QED) is 0.920. The number of piperidine rings is 1. The summed E-state index contributed by atoms with van der Waals surface area (Å²) >= 11 is 0. The first-order valence-corrected chi connectivity index (χ1v) is 8.62. The van der Waals surface area contributed by atoms with Crippen LogP contribution in [0.4, 0.5) is 0 Å². The molecule has 21 heavy (non-hydrogen) atoms. The van der Waals surface area contributed by atoms with E-state index in [2.05, 4.69) is 28.4 Å². The van der Waals surface area contributed by atoms with Gasteiger partial charge in [0.2, 0.25) is 0 Å². The molecule has 0 aliphatic carbocycles. The van der Waals surface area contributed by atoms with E-state index in [0.29, 0.717) is 0 Å². The fraction of sp³-hybridized carbons (Fsp3) is 0.667. The van der Waals surface area contributed by atoms with Crippen LogP contribution in [0.2, 0.25) is 0 Å². The smallest absolute Gasteiger partial charge is 0.122 e. The van der Waals surface area contributed by atoms with Crippen LogP contribution >= 0.6 is 0 Å². The monoisotopic (exact) mass is 286 g/mol. The zero-order valence-electron chi connectivity index (χ0n) is 12.8. The maximum atomic E-state index is 5.58. The summed E-state index contributed by atoms with van der Waals surface area (Å²) in [4.78, 5) is 2.70. The maximum absolute atomic E-state index is 5.58. The van der Waals surface area contributed by atoms with Gasteiger partial charge in [-0.3, -0.25) is 4.90 Å². The van der Waals surface area contributed by atoms with Crippen molar-refractivity contribution in [2.75, 3.05) is 26.2 Å². The molecule has 2 fully saturated rings. The maximum Gasteiger partial charge on any atom is 0.122 e. The van der Waals surface area contributed by atoms with Gasteiger partial charge in [0.1, 0.15) is 5.75 Å². The SMILES string of the molecule is c1cc2c(cc1CCNC1CCN3CCCCC13)CCO2. The Balaban J connectivity index is 1.29. The van der Waals surface area contributed by atoms with Gasteiger partial charge in [-0.15, -0.1) is 0 Å². The number of nitrogens with zero attached hydrogens (tertiary/aromatic N) is 1. The van der Waals surface area contributed by atoms with Crippen LogP contribution in [0.25, 0.3) is 0 Å². The summed E-state index contributed by atoms with van der Waals surface area (Å²) in [6.45, 7) is 4.59. The van der Waals surface area contributed by atoms with E-state index in [-0.39, 0.29) is 0 Å². The molecule has 2 atom stereocenters. The predicted molar refractivity (Wildman–Crippen MR) is 85.0 cm³/mol. The molecule has 3 heterocycles. The van der Waals surface area contributed by atoms with E-state index in [1.54, 1.807) is 0 Å². The third-order valence-electron chi connectivity index (χ3n) is 5.43. The summed E-state index contributed by atoms with van der Waals surface area (Å²) < 4.78 is 5.58. The first kappa shape index (κ1) is 13.6. The van der Waals surface area contributed by atoms with Crippen LogP contribution < -0.4 is 10.1 Å². The highest BCUT2D eigenvalue weighted by molar-refractivity contribution is 5.39. The lowest BCUT2D eigenvalue weighted by Crippen LogP contribution is -2.45. The zero-order valence-corrected chi connectivity index (χ0v) is 12.8. The van der Waals surface area contributed by atoms with Crippen molar-refractivity contribution in [2.24, 2.45) is 0 Å². The molecule has 3 aliphatic rings. The molecule has 1 aromatic rings.